The van der Waals surface area contributed by atoms with Gasteiger partial charge in [-0.3, -0.25) is 0 Å². The molecule has 0 bridgehead atoms. The van der Waals surface area contributed by atoms with Crippen LogP contribution in [0.25, 0.3) is 0 Å². The molecule has 0 saturated carbocycles. The molecule has 0 aliphatic heterocycles. The van der Waals surface area contributed by atoms with Gasteiger partial charge in [-0.1, -0.05) is 11.6 Å². The Labute approximate surface area is 83.9 Å². The lowest BCUT2D eigenvalue weighted by molar-refractivity contribution is 0.251. The number of hydrogen-bond acceptors (Lipinski definition) is 2. The fourth-order valence-corrected chi connectivity index (χ4v) is 1.52. The Morgan fingerprint density at radius 3 is 3.00 bits per heavy atom. The van der Waals surface area contributed by atoms with Gasteiger partial charge in [-0.05, 0) is 6.07 Å². The number of halogens is 2. The lowest BCUT2D eigenvalue weighted by Crippen LogP contribution is -2.30. The number of hydrogen-bond donors (Lipinski definition) is 2. The number of alkyl halides is 1. The van der Waals surface area contributed by atoms with Crippen molar-refractivity contribution in [3.8, 4) is 0 Å². The summed E-state index contributed by atoms with van der Waals surface area (Å²) in [4.78, 5) is 11.0. The lowest BCUT2D eigenvalue weighted by atomic mass is 10.5. The molecule has 1 heterocycles. The van der Waals surface area contributed by atoms with Gasteiger partial charge in [0, 0.05) is 11.9 Å². The summed E-state index contributed by atoms with van der Waals surface area (Å²) in [7, 11) is 0. The summed E-state index contributed by atoms with van der Waals surface area (Å²) in [5.41, 5.74) is 0.617. The quantitative estimate of drug-likeness (QED) is 0.811. The van der Waals surface area contributed by atoms with Gasteiger partial charge < -0.3 is 10.6 Å². The first-order valence-corrected chi connectivity index (χ1v) is 4.83. The van der Waals surface area contributed by atoms with Crippen molar-refractivity contribution in [2.75, 3.05) is 18.5 Å². The monoisotopic (exact) mass is 222 g/mol. The van der Waals surface area contributed by atoms with Gasteiger partial charge in [0.15, 0.2) is 0 Å². The minimum atomic E-state index is -0.572. The Kier molecular flexibility index (Phi) is 3.98. The Morgan fingerprint density at radius 1 is 1.69 bits per heavy atom. The van der Waals surface area contributed by atoms with Crippen molar-refractivity contribution in [1.82, 2.24) is 5.32 Å². The van der Waals surface area contributed by atoms with Gasteiger partial charge in [0.05, 0.1) is 10.0 Å². The minimum absolute atomic E-state index is 0.0176. The van der Waals surface area contributed by atoms with Gasteiger partial charge >= 0.3 is 6.03 Å². The van der Waals surface area contributed by atoms with Crippen LogP contribution in [0, 0.1) is 0 Å². The van der Waals surface area contributed by atoms with Crippen LogP contribution >= 0.6 is 22.9 Å². The second kappa shape index (κ2) is 5.04. The summed E-state index contributed by atoms with van der Waals surface area (Å²) in [6.45, 7) is -0.554. The average Bonchev–Trinajstić information content (AvgIpc) is 2.48. The third-order valence-corrected chi connectivity index (χ3v) is 2.30. The summed E-state index contributed by atoms with van der Waals surface area (Å²) >= 11 is 6.95. The molecule has 1 aromatic heterocycles. The van der Waals surface area contributed by atoms with Crippen molar-refractivity contribution in [1.29, 1.82) is 0 Å². The van der Waals surface area contributed by atoms with Gasteiger partial charge in [-0.25, -0.2) is 9.18 Å². The molecule has 0 saturated heterocycles. The van der Waals surface area contributed by atoms with Crippen LogP contribution in [0.1, 0.15) is 0 Å². The molecule has 0 atom stereocenters. The Bertz CT molecular complexity index is 292. The molecule has 0 fully saturated rings. The molecule has 72 valence electrons. The number of carbonyl (C=O) groups excluding carboxylic acids is 1. The zero-order valence-corrected chi connectivity index (χ0v) is 8.21. The van der Waals surface area contributed by atoms with Crippen molar-refractivity contribution in [2.24, 2.45) is 0 Å². The number of amides is 2. The third kappa shape index (κ3) is 3.61. The standard InChI is InChI=1S/C7H8ClFN2OS/c8-6-3-5(4-13-6)11-7(12)10-2-1-9/h3-4H,1-2H2,(H2,10,11,12). The zero-order valence-electron chi connectivity index (χ0n) is 6.64. The van der Waals surface area contributed by atoms with Crippen LogP contribution in [0.2, 0.25) is 4.34 Å². The summed E-state index contributed by atoms with van der Waals surface area (Å²) in [5, 5.41) is 6.54. The van der Waals surface area contributed by atoms with E-state index in [2.05, 4.69) is 10.6 Å². The molecule has 0 aromatic carbocycles. The normalized spacial score (nSPS) is 9.69. The number of anilines is 1. The van der Waals surface area contributed by atoms with E-state index >= 15 is 0 Å². The molecule has 13 heavy (non-hydrogen) atoms. The first-order valence-electron chi connectivity index (χ1n) is 3.57. The van der Waals surface area contributed by atoms with Crippen LogP contribution in [0.3, 0.4) is 0 Å². The van der Waals surface area contributed by atoms with Crippen LogP contribution in [0.5, 0.6) is 0 Å². The molecule has 0 radical (unpaired) electrons. The molecular weight excluding hydrogens is 215 g/mol. The van der Waals surface area contributed by atoms with E-state index in [9.17, 15) is 9.18 Å². The molecule has 2 N–H and O–H groups in total. The molecule has 2 amide bonds. The van der Waals surface area contributed by atoms with Gasteiger partial charge in [0.1, 0.15) is 6.67 Å². The van der Waals surface area contributed by atoms with Crippen molar-refractivity contribution in [3.05, 3.63) is 15.8 Å². The van der Waals surface area contributed by atoms with Gasteiger partial charge in [-0.15, -0.1) is 11.3 Å². The van der Waals surface area contributed by atoms with E-state index in [0.717, 1.165) is 0 Å². The fourth-order valence-electron chi connectivity index (χ4n) is 0.712. The topological polar surface area (TPSA) is 41.1 Å². The second-order valence-electron chi connectivity index (χ2n) is 2.21. The van der Waals surface area contributed by atoms with Crippen molar-refractivity contribution < 1.29 is 9.18 Å². The highest BCUT2D eigenvalue weighted by Gasteiger charge is 2.02. The summed E-state index contributed by atoms with van der Waals surface area (Å²) in [6.07, 6.45) is 0. The Morgan fingerprint density at radius 2 is 2.46 bits per heavy atom. The average molecular weight is 223 g/mol. The molecule has 3 nitrogen and oxygen atoms in total. The maximum Gasteiger partial charge on any atom is 0.319 e. The first-order chi connectivity index (χ1) is 6.22. The molecule has 0 spiro atoms. The van der Waals surface area contributed by atoms with E-state index in [0.29, 0.717) is 10.0 Å². The summed E-state index contributed by atoms with van der Waals surface area (Å²) in [5.74, 6) is 0. The molecular formula is C7H8ClFN2OS. The maximum atomic E-state index is 11.6. The molecule has 1 rings (SSSR count). The molecule has 1 aromatic rings. The van der Waals surface area contributed by atoms with Crippen LogP contribution in [0.15, 0.2) is 11.4 Å². The lowest BCUT2D eigenvalue weighted by Gasteiger charge is -2.02. The van der Waals surface area contributed by atoms with E-state index in [-0.39, 0.29) is 6.54 Å². The minimum Gasteiger partial charge on any atom is -0.335 e. The summed E-state index contributed by atoms with van der Waals surface area (Å²) in [6, 6.07) is 1.20. The summed E-state index contributed by atoms with van der Waals surface area (Å²) < 4.78 is 12.2. The number of urea groups is 1. The predicted octanol–water partition coefficient (Wildman–Crippen LogP) is 2.49. The van der Waals surface area contributed by atoms with E-state index in [4.69, 9.17) is 11.6 Å². The maximum absolute atomic E-state index is 11.6. The highest BCUT2D eigenvalue weighted by atomic mass is 35.5. The van der Waals surface area contributed by atoms with Crippen LogP contribution in [0.4, 0.5) is 14.9 Å². The van der Waals surface area contributed by atoms with Crippen molar-refractivity contribution in [3.63, 3.8) is 0 Å². The van der Waals surface area contributed by atoms with Crippen molar-refractivity contribution >= 4 is 34.7 Å². The Hall–Kier alpha value is -0.810. The van der Waals surface area contributed by atoms with E-state index < -0.39 is 12.7 Å². The Balaban J connectivity index is 2.36. The van der Waals surface area contributed by atoms with Gasteiger partial charge in [0.2, 0.25) is 0 Å². The molecule has 6 heteroatoms. The SMILES string of the molecule is O=C(NCCF)Nc1csc(Cl)c1. The number of nitrogens with one attached hydrogen (secondary N) is 2. The van der Waals surface area contributed by atoms with E-state index in [1.54, 1.807) is 11.4 Å². The molecule has 0 aliphatic rings. The van der Waals surface area contributed by atoms with Crippen LogP contribution in [-0.4, -0.2) is 19.3 Å². The molecule has 0 unspecified atom stereocenters. The van der Waals surface area contributed by atoms with E-state index in [1.807, 2.05) is 0 Å². The second-order valence-corrected chi connectivity index (χ2v) is 3.75. The van der Waals surface area contributed by atoms with E-state index in [1.165, 1.54) is 11.3 Å². The van der Waals surface area contributed by atoms with Gasteiger partial charge in [-0.2, -0.15) is 0 Å². The fraction of sp³-hybridized carbons (Fsp3) is 0.286. The number of rotatable bonds is 3. The van der Waals surface area contributed by atoms with Crippen LogP contribution in [-0.2, 0) is 0 Å². The van der Waals surface area contributed by atoms with Crippen molar-refractivity contribution in [2.45, 2.75) is 0 Å². The third-order valence-electron chi connectivity index (χ3n) is 1.21. The highest BCUT2D eigenvalue weighted by Crippen LogP contribution is 2.23. The van der Waals surface area contributed by atoms with Gasteiger partial charge in [0.25, 0.3) is 0 Å². The smallest absolute Gasteiger partial charge is 0.319 e. The zero-order chi connectivity index (χ0) is 9.68. The molecule has 0 aliphatic carbocycles. The first kappa shape index (κ1) is 10.3. The highest BCUT2D eigenvalue weighted by molar-refractivity contribution is 7.14. The largest absolute Gasteiger partial charge is 0.335 e. The number of carbonyl (C=O) groups is 1. The van der Waals surface area contributed by atoms with Crippen LogP contribution < -0.4 is 10.6 Å². The predicted molar refractivity (Wildman–Crippen MR) is 52.3 cm³/mol. The number of thiophene rings is 1.